The highest BCUT2D eigenvalue weighted by molar-refractivity contribution is 5.95. The van der Waals surface area contributed by atoms with Gasteiger partial charge in [0, 0.05) is 49.6 Å². The van der Waals surface area contributed by atoms with Gasteiger partial charge in [0.25, 0.3) is 11.5 Å². The molecule has 3 rings (SSSR count). The number of carbonyl (C=O) groups is 2. The van der Waals surface area contributed by atoms with E-state index >= 15 is 0 Å². The topological polar surface area (TPSA) is 80.6 Å². The summed E-state index contributed by atoms with van der Waals surface area (Å²) < 4.78 is 6.74. The third-order valence-corrected chi connectivity index (χ3v) is 4.19. The van der Waals surface area contributed by atoms with Crippen LogP contribution in [0.5, 0.6) is 0 Å². The summed E-state index contributed by atoms with van der Waals surface area (Å²) in [5.74, 6) is -0.220. The van der Waals surface area contributed by atoms with Gasteiger partial charge >= 0.3 is 0 Å². The Morgan fingerprint density at radius 2 is 1.77 bits per heavy atom. The minimum absolute atomic E-state index is 0.0328. The van der Waals surface area contributed by atoms with Crippen molar-refractivity contribution in [3.05, 3.63) is 64.6 Å². The van der Waals surface area contributed by atoms with E-state index in [0.717, 1.165) is 0 Å². The molecule has 1 aromatic carbocycles. The van der Waals surface area contributed by atoms with Gasteiger partial charge in [0.05, 0.1) is 13.2 Å². The van der Waals surface area contributed by atoms with Crippen molar-refractivity contribution in [3.63, 3.8) is 0 Å². The molecule has 1 saturated heterocycles. The molecule has 0 saturated carbocycles. The number of hydrogen-bond donors (Lipinski definition) is 1. The second-order valence-corrected chi connectivity index (χ2v) is 6.01. The molecule has 0 bridgehead atoms. The second-order valence-electron chi connectivity index (χ2n) is 6.01. The Morgan fingerprint density at radius 3 is 2.46 bits per heavy atom. The Labute approximate surface area is 151 Å². The molecule has 7 heteroatoms. The van der Waals surface area contributed by atoms with E-state index in [0.29, 0.717) is 44.1 Å². The van der Waals surface area contributed by atoms with E-state index in [1.54, 1.807) is 47.5 Å². The molecular weight excluding hydrogens is 334 g/mol. The number of morpholine rings is 1. The first-order valence-electron chi connectivity index (χ1n) is 8.56. The molecule has 1 aliphatic rings. The molecule has 1 fully saturated rings. The van der Waals surface area contributed by atoms with Crippen LogP contribution in [0.15, 0.2) is 53.5 Å². The van der Waals surface area contributed by atoms with E-state index in [9.17, 15) is 14.4 Å². The molecule has 2 aromatic rings. The summed E-state index contributed by atoms with van der Waals surface area (Å²) in [6.45, 7) is 2.63. The fourth-order valence-electron chi connectivity index (χ4n) is 2.74. The molecule has 2 heterocycles. The molecule has 0 aliphatic carbocycles. The quantitative estimate of drug-likeness (QED) is 0.878. The molecule has 7 nitrogen and oxygen atoms in total. The molecule has 0 unspecified atom stereocenters. The lowest BCUT2D eigenvalue weighted by Crippen LogP contribution is -2.40. The highest BCUT2D eigenvalue weighted by Crippen LogP contribution is 2.13. The van der Waals surface area contributed by atoms with Crippen molar-refractivity contribution in [3.8, 4) is 0 Å². The molecular formula is C19H21N3O4. The van der Waals surface area contributed by atoms with E-state index in [1.165, 1.54) is 10.6 Å². The van der Waals surface area contributed by atoms with Crippen molar-refractivity contribution in [1.29, 1.82) is 0 Å². The number of anilines is 1. The van der Waals surface area contributed by atoms with Crippen molar-refractivity contribution >= 4 is 17.5 Å². The van der Waals surface area contributed by atoms with Crippen LogP contribution in [0.25, 0.3) is 0 Å². The number of amides is 2. The van der Waals surface area contributed by atoms with Crippen LogP contribution in [-0.4, -0.2) is 47.6 Å². The van der Waals surface area contributed by atoms with Crippen molar-refractivity contribution < 1.29 is 14.3 Å². The molecule has 2 amide bonds. The van der Waals surface area contributed by atoms with Gasteiger partial charge in [0.2, 0.25) is 5.91 Å². The van der Waals surface area contributed by atoms with Crippen LogP contribution in [0.3, 0.4) is 0 Å². The first-order chi connectivity index (χ1) is 12.6. The molecule has 136 valence electrons. The first-order valence-corrected chi connectivity index (χ1v) is 8.56. The van der Waals surface area contributed by atoms with E-state index in [4.69, 9.17) is 4.74 Å². The van der Waals surface area contributed by atoms with Gasteiger partial charge in [0.1, 0.15) is 0 Å². The number of aromatic nitrogens is 1. The zero-order chi connectivity index (χ0) is 18.4. The van der Waals surface area contributed by atoms with Crippen LogP contribution >= 0.6 is 0 Å². The average Bonchev–Trinajstić information content (AvgIpc) is 2.68. The highest BCUT2D eigenvalue weighted by atomic mass is 16.5. The zero-order valence-electron chi connectivity index (χ0n) is 14.4. The van der Waals surface area contributed by atoms with Crippen LogP contribution in [0.2, 0.25) is 0 Å². The summed E-state index contributed by atoms with van der Waals surface area (Å²) in [6, 6.07) is 11.7. The number of rotatable bonds is 5. The van der Waals surface area contributed by atoms with Crippen molar-refractivity contribution in [2.45, 2.75) is 13.0 Å². The Kier molecular flexibility index (Phi) is 5.80. The molecule has 1 N–H and O–H groups in total. The Bertz CT molecular complexity index is 823. The Balaban J connectivity index is 1.53. The minimum Gasteiger partial charge on any atom is -0.378 e. The number of benzene rings is 1. The number of carbonyl (C=O) groups excluding carboxylic acids is 2. The maximum atomic E-state index is 12.4. The van der Waals surface area contributed by atoms with Crippen LogP contribution in [0.1, 0.15) is 16.8 Å². The molecule has 1 aromatic heterocycles. The molecule has 0 radical (unpaired) electrons. The van der Waals surface area contributed by atoms with Gasteiger partial charge in [-0.15, -0.1) is 0 Å². The maximum absolute atomic E-state index is 12.4. The fraction of sp³-hybridized carbons (Fsp3) is 0.316. The van der Waals surface area contributed by atoms with Crippen molar-refractivity contribution in [1.82, 2.24) is 9.47 Å². The second kappa shape index (κ2) is 8.44. The molecule has 0 atom stereocenters. The number of aryl methyl sites for hydroxylation is 1. The van der Waals surface area contributed by atoms with Gasteiger partial charge in [-0.3, -0.25) is 14.4 Å². The number of pyridine rings is 1. The van der Waals surface area contributed by atoms with Crippen LogP contribution < -0.4 is 10.9 Å². The summed E-state index contributed by atoms with van der Waals surface area (Å²) in [6.07, 6.45) is 1.85. The Morgan fingerprint density at radius 1 is 1.04 bits per heavy atom. The number of nitrogens with zero attached hydrogens (tertiary/aromatic N) is 2. The number of hydrogen-bond acceptors (Lipinski definition) is 4. The largest absolute Gasteiger partial charge is 0.378 e. The lowest BCUT2D eigenvalue weighted by atomic mass is 10.1. The zero-order valence-corrected chi connectivity index (χ0v) is 14.4. The predicted octanol–water partition coefficient (Wildman–Crippen LogP) is 1.35. The summed E-state index contributed by atoms with van der Waals surface area (Å²) >= 11 is 0. The van der Waals surface area contributed by atoms with Crippen molar-refractivity contribution in [2.75, 3.05) is 31.6 Å². The predicted molar refractivity (Wildman–Crippen MR) is 97.1 cm³/mol. The lowest BCUT2D eigenvalue weighted by Gasteiger charge is -2.26. The van der Waals surface area contributed by atoms with Gasteiger partial charge in [-0.05, 0) is 30.3 Å². The monoisotopic (exact) mass is 355 g/mol. The number of ether oxygens (including phenoxy) is 1. The van der Waals surface area contributed by atoms with Crippen LogP contribution in [0.4, 0.5) is 5.69 Å². The van der Waals surface area contributed by atoms with E-state index in [2.05, 4.69) is 5.32 Å². The molecule has 1 aliphatic heterocycles. The Hall–Kier alpha value is -2.93. The van der Waals surface area contributed by atoms with E-state index in [-0.39, 0.29) is 23.8 Å². The van der Waals surface area contributed by atoms with Crippen LogP contribution in [-0.2, 0) is 16.1 Å². The van der Waals surface area contributed by atoms with E-state index < -0.39 is 0 Å². The number of nitrogens with one attached hydrogen (secondary N) is 1. The normalized spacial score (nSPS) is 14.1. The first kappa shape index (κ1) is 17.9. The van der Waals surface area contributed by atoms with Gasteiger partial charge < -0.3 is 19.5 Å². The molecule has 26 heavy (non-hydrogen) atoms. The molecule has 0 spiro atoms. The SMILES string of the molecule is O=C(CCn1ccccc1=O)Nc1ccc(C(=O)N2CCOCC2)cc1. The summed E-state index contributed by atoms with van der Waals surface area (Å²) in [5.41, 5.74) is 1.07. The maximum Gasteiger partial charge on any atom is 0.254 e. The van der Waals surface area contributed by atoms with Crippen LogP contribution in [0, 0.1) is 0 Å². The highest BCUT2D eigenvalue weighted by Gasteiger charge is 2.18. The third-order valence-electron chi connectivity index (χ3n) is 4.19. The average molecular weight is 355 g/mol. The smallest absolute Gasteiger partial charge is 0.254 e. The minimum atomic E-state index is -0.187. The summed E-state index contributed by atoms with van der Waals surface area (Å²) in [4.78, 5) is 37.8. The van der Waals surface area contributed by atoms with Crippen molar-refractivity contribution in [2.24, 2.45) is 0 Å². The summed E-state index contributed by atoms with van der Waals surface area (Å²) in [5, 5.41) is 2.78. The standard InChI is InChI=1S/C19H21N3O4/c23-17(8-10-21-9-2-1-3-18(21)24)20-16-6-4-15(5-7-16)19(25)22-11-13-26-14-12-22/h1-7,9H,8,10-14H2,(H,20,23). The fourth-order valence-corrected chi connectivity index (χ4v) is 2.74. The summed E-state index contributed by atoms with van der Waals surface area (Å²) in [7, 11) is 0. The van der Waals surface area contributed by atoms with Gasteiger partial charge in [-0.1, -0.05) is 6.07 Å². The van der Waals surface area contributed by atoms with Gasteiger partial charge in [0.15, 0.2) is 0 Å². The van der Waals surface area contributed by atoms with E-state index in [1.807, 2.05) is 0 Å². The van der Waals surface area contributed by atoms with Gasteiger partial charge in [-0.2, -0.15) is 0 Å². The lowest BCUT2D eigenvalue weighted by molar-refractivity contribution is -0.116. The third kappa shape index (κ3) is 4.58. The van der Waals surface area contributed by atoms with Gasteiger partial charge in [-0.25, -0.2) is 0 Å².